The minimum atomic E-state index is -0.523. The van der Waals surface area contributed by atoms with E-state index in [2.05, 4.69) is 0 Å². The molecule has 0 unspecified atom stereocenters. The summed E-state index contributed by atoms with van der Waals surface area (Å²) in [5.74, 6) is -1.05. The van der Waals surface area contributed by atoms with Crippen LogP contribution in [-0.2, 0) is 0 Å². The zero-order chi connectivity index (χ0) is 17.7. The Labute approximate surface area is 150 Å². The van der Waals surface area contributed by atoms with Gasteiger partial charge in [0.2, 0.25) is 0 Å². The third kappa shape index (κ3) is 2.05. The van der Waals surface area contributed by atoms with Crippen molar-refractivity contribution in [2.75, 3.05) is 0 Å². The molecule has 1 aliphatic rings. The first-order valence-corrected chi connectivity index (χ1v) is 8.52. The van der Waals surface area contributed by atoms with Crippen LogP contribution in [0.1, 0.15) is 22.3 Å². The van der Waals surface area contributed by atoms with Crippen molar-refractivity contribution in [2.45, 2.75) is 0 Å². The molecule has 0 atom stereocenters. The first-order chi connectivity index (χ1) is 12.8. The number of rotatable bonds is 2. The molecule has 0 nitrogen and oxygen atoms in total. The van der Waals surface area contributed by atoms with Gasteiger partial charge in [-0.25, -0.2) is 8.78 Å². The van der Waals surface area contributed by atoms with Crippen LogP contribution in [0.15, 0.2) is 84.9 Å². The first kappa shape index (κ1) is 15.0. The normalized spacial score (nSPS) is 12.8. The Balaban J connectivity index is 1.95. The largest absolute Gasteiger partial charge is 0.206 e. The van der Waals surface area contributed by atoms with Crippen LogP contribution in [-0.4, -0.2) is 0 Å². The Kier molecular flexibility index (Phi) is 3.26. The van der Waals surface area contributed by atoms with E-state index in [9.17, 15) is 8.78 Å². The summed E-state index contributed by atoms with van der Waals surface area (Å²) in [5, 5.41) is 0.724. The van der Waals surface area contributed by atoms with Gasteiger partial charge >= 0.3 is 0 Å². The van der Waals surface area contributed by atoms with Gasteiger partial charge in [-0.1, -0.05) is 72.8 Å². The van der Waals surface area contributed by atoms with Gasteiger partial charge in [0.15, 0.2) is 0 Å². The van der Waals surface area contributed by atoms with Gasteiger partial charge in [-0.15, -0.1) is 0 Å². The highest BCUT2D eigenvalue weighted by atomic mass is 19.1. The van der Waals surface area contributed by atoms with Crippen LogP contribution in [0.4, 0.5) is 8.78 Å². The van der Waals surface area contributed by atoms with Crippen LogP contribution in [0.5, 0.6) is 0 Å². The Bertz CT molecular complexity index is 1080. The molecular weight excluding hydrogens is 326 g/mol. The second-order valence-corrected chi connectivity index (χ2v) is 6.42. The molecule has 0 N–H and O–H groups in total. The zero-order valence-corrected chi connectivity index (χ0v) is 13.8. The van der Waals surface area contributed by atoms with Crippen molar-refractivity contribution < 1.29 is 8.78 Å². The van der Waals surface area contributed by atoms with E-state index in [1.165, 1.54) is 12.1 Å². The molecule has 1 aliphatic carbocycles. The SMILES string of the molecule is Fc1ccc2c3c(ccc(F)c13)C(c1ccccc1)=C2c1ccccc1. The van der Waals surface area contributed by atoms with E-state index in [0.717, 1.165) is 33.4 Å². The smallest absolute Gasteiger partial charge is 0.134 e. The third-order valence-corrected chi connectivity index (χ3v) is 4.97. The van der Waals surface area contributed by atoms with Crippen molar-refractivity contribution in [1.82, 2.24) is 0 Å². The topological polar surface area (TPSA) is 0 Å². The van der Waals surface area contributed by atoms with Gasteiger partial charge in [0.25, 0.3) is 0 Å². The summed E-state index contributed by atoms with van der Waals surface area (Å²) in [6.45, 7) is 0. The maximum atomic E-state index is 14.4. The molecule has 0 heterocycles. The van der Waals surface area contributed by atoms with Crippen LogP contribution in [0.25, 0.3) is 21.9 Å². The molecule has 0 aliphatic heterocycles. The zero-order valence-electron chi connectivity index (χ0n) is 13.8. The molecular formula is C24H14F2. The number of halogens is 2. The maximum Gasteiger partial charge on any atom is 0.134 e. The van der Waals surface area contributed by atoms with Gasteiger partial charge < -0.3 is 0 Å². The minimum absolute atomic E-state index is 0.0689. The Morgan fingerprint density at radius 3 is 1.27 bits per heavy atom. The molecule has 0 aromatic heterocycles. The highest BCUT2D eigenvalue weighted by Crippen LogP contribution is 2.48. The van der Waals surface area contributed by atoms with Crippen molar-refractivity contribution in [1.29, 1.82) is 0 Å². The first-order valence-electron chi connectivity index (χ1n) is 8.52. The quantitative estimate of drug-likeness (QED) is 0.347. The number of hydrogen-bond donors (Lipinski definition) is 0. The van der Waals surface area contributed by atoms with Gasteiger partial charge in [-0.05, 0) is 45.5 Å². The third-order valence-electron chi connectivity index (χ3n) is 4.97. The summed E-state index contributed by atoms with van der Waals surface area (Å²) in [4.78, 5) is 0. The molecule has 0 amide bonds. The standard InChI is InChI=1S/C24H14F2/c25-19-13-11-17-21(15-7-3-1-4-8-15)22(16-9-5-2-6-10-16)18-12-14-20(26)24(19)23(17)18/h1-14H. The van der Waals surface area contributed by atoms with Crippen LogP contribution in [0.2, 0.25) is 0 Å². The lowest BCUT2D eigenvalue weighted by Gasteiger charge is -2.10. The molecule has 0 bridgehead atoms. The predicted octanol–water partition coefficient (Wildman–Crippen LogP) is 6.44. The van der Waals surface area contributed by atoms with Gasteiger partial charge in [-0.3, -0.25) is 0 Å². The van der Waals surface area contributed by atoms with Crippen molar-refractivity contribution in [3.8, 4) is 0 Å². The molecule has 0 saturated carbocycles. The molecule has 5 rings (SSSR count). The fourth-order valence-electron chi connectivity index (χ4n) is 3.91. The summed E-state index contributed by atoms with van der Waals surface area (Å²) in [5.41, 5.74) is 5.86. The molecule has 4 aromatic carbocycles. The molecule has 124 valence electrons. The Morgan fingerprint density at radius 1 is 0.423 bits per heavy atom. The van der Waals surface area contributed by atoms with Crippen LogP contribution in [0.3, 0.4) is 0 Å². The Hall–Kier alpha value is -3.26. The highest BCUT2D eigenvalue weighted by Gasteiger charge is 2.28. The fraction of sp³-hybridized carbons (Fsp3) is 0. The summed E-state index contributed by atoms with van der Waals surface area (Å²) in [6.07, 6.45) is 0. The molecule has 26 heavy (non-hydrogen) atoms. The van der Waals surface area contributed by atoms with E-state index < -0.39 is 11.6 Å². The minimum Gasteiger partial charge on any atom is -0.206 e. The molecule has 2 heteroatoms. The van der Waals surface area contributed by atoms with Crippen molar-refractivity contribution >= 4 is 21.9 Å². The van der Waals surface area contributed by atoms with E-state index >= 15 is 0 Å². The molecule has 0 saturated heterocycles. The summed E-state index contributed by atoms with van der Waals surface area (Å²) in [7, 11) is 0. The van der Waals surface area contributed by atoms with E-state index in [0.29, 0.717) is 5.39 Å². The Morgan fingerprint density at radius 2 is 0.846 bits per heavy atom. The van der Waals surface area contributed by atoms with Crippen molar-refractivity contribution in [2.24, 2.45) is 0 Å². The number of hydrogen-bond acceptors (Lipinski definition) is 0. The second kappa shape index (κ2) is 5.63. The van der Waals surface area contributed by atoms with Crippen molar-refractivity contribution in [3.63, 3.8) is 0 Å². The van der Waals surface area contributed by atoms with Crippen LogP contribution < -0.4 is 0 Å². The summed E-state index contributed by atoms with van der Waals surface area (Å²) < 4.78 is 28.9. The lowest BCUT2D eigenvalue weighted by atomic mass is 9.93. The highest BCUT2D eigenvalue weighted by molar-refractivity contribution is 6.20. The molecule has 0 radical (unpaired) electrons. The lowest BCUT2D eigenvalue weighted by molar-refractivity contribution is 0.608. The molecule has 4 aromatic rings. The van der Waals surface area contributed by atoms with Gasteiger partial charge in [-0.2, -0.15) is 0 Å². The molecule has 0 spiro atoms. The monoisotopic (exact) mass is 340 g/mol. The summed E-state index contributed by atoms with van der Waals surface area (Å²) in [6, 6.07) is 26.3. The summed E-state index contributed by atoms with van der Waals surface area (Å²) >= 11 is 0. The van der Waals surface area contributed by atoms with E-state index in [1.54, 1.807) is 12.1 Å². The van der Waals surface area contributed by atoms with Crippen molar-refractivity contribution in [3.05, 3.63) is 119 Å². The predicted molar refractivity (Wildman–Crippen MR) is 102 cm³/mol. The van der Waals surface area contributed by atoms with Gasteiger partial charge in [0.1, 0.15) is 11.6 Å². The van der Waals surface area contributed by atoms with Crippen LogP contribution in [0, 0.1) is 11.6 Å². The molecule has 0 fully saturated rings. The maximum absolute atomic E-state index is 14.4. The van der Waals surface area contributed by atoms with Gasteiger partial charge in [0.05, 0.1) is 5.39 Å². The lowest BCUT2D eigenvalue weighted by Crippen LogP contribution is -1.90. The van der Waals surface area contributed by atoms with E-state index in [4.69, 9.17) is 0 Å². The van der Waals surface area contributed by atoms with Gasteiger partial charge in [0, 0.05) is 5.39 Å². The average Bonchev–Trinajstić information content (AvgIpc) is 3.02. The fourth-order valence-corrected chi connectivity index (χ4v) is 3.91. The van der Waals surface area contributed by atoms with Crippen LogP contribution >= 0.6 is 0 Å². The van der Waals surface area contributed by atoms with E-state index in [-0.39, 0.29) is 5.39 Å². The second-order valence-electron chi connectivity index (χ2n) is 6.42. The average molecular weight is 340 g/mol. The van der Waals surface area contributed by atoms with E-state index in [1.807, 2.05) is 60.7 Å². The number of benzene rings is 4.